The standard InChI is InChI=1S/C16H17ClN2O3S/c1-23(21,22)11-13-4-8-15(9-5-13)19-16(20)18-10-12-2-6-14(17)7-3-12/h2-9H,10-11H2,1H3,(H2,18,19,20). The molecule has 0 bridgehead atoms. The first-order chi connectivity index (χ1) is 10.8. The van der Waals surface area contributed by atoms with Gasteiger partial charge in [0.25, 0.3) is 0 Å². The molecule has 2 rings (SSSR count). The molecule has 0 heterocycles. The molecule has 0 aromatic heterocycles. The van der Waals surface area contributed by atoms with Crippen molar-refractivity contribution < 1.29 is 13.2 Å². The Bertz CT molecular complexity index is 772. The number of hydrogen-bond donors (Lipinski definition) is 2. The molecular formula is C16H17ClN2O3S. The highest BCUT2D eigenvalue weighted by Crippen LogP contribution is 2.12. The maximum atomic E-state index is 11.8. The van der Waals surface area contributed by atoms with E-state index in [0.29, 0.717) is 22.8 Å². The van der Waals surface area contributed by atoms with Crippen LogP contribution in [0.15, 0.2) is 48.5 Å². The van der Waals surface area contributed by atoms with E-state index in [1.807, 2.05) is 12.1 Å². The minimum absolute atomic E-state index is 0.0178. The summed E-state index contributed by atoms with van der Waals surface area (Å²) in [5.41, 5.74) is 2.21. The van der Waals surface area contributed by atoms with Gasteiger partial charge in [-0.15, -0.1) is 0 Å². The Morgan fingerprint density at radius 2 is 1.57 bits per heavy atom. The maximum Gasteiger partial charge on any atom is 0.319 e. The van der Waals surface area contributed by atoms with Crippen LogP contribution in [0.4, 0.5) is 10.5 Å². The lowest BCUT2D eigenvalue weighted by Gasteiger charge is -2.08. The molecule has 0 fully saturated rings. The Morgan fingerprint density at radius 1 is 1.00 bits per heavy atom. The smallest absolute Gasteiger partial charge is 0.319 e. The van der Waals surface area contributed by atoms with Crippen molar-refractivity contribution in [2.24, 2.45) is 0 Å². The molecule has 2 N–H and O–H groups in total. The molecule has 0 atom stereocenters. The maximum absolute atomic E-state index is 11.8. The Hall–Kier alpha value is -2.05. The first-order valence-electron chi connectivity index (χ1n) is 6.88. The summed E-state index contributed by atoms with van der Waals surface area (Å²) in [6.45, 7) is 0.384. The van der Waals surface area contributed by atoms with Gasteiger partial charge in [0.1, 0.15) is 0 Å². The summed E-state index contributed by atoms with van der Waals surface area (Å²) >= 11 is 5.80. The zero-order valence-electron chi connectivity index (χ0n) is 12.5. The fraction of sp³-hybridized carbons (Fsp3) is 0.188. The van der Waals surface area contributed by atoms with E-state index >= 15 is 0 Å². The third-order valence-electron chi connectivity index (χ3n) is 3.01. The first kappa shape index (κ1) is 17.3. The van der Waals surface area contributed by atoms with Crippen LogP contribution in [-0.4, -0.2) is 20.7 Å². The van der Waals surface area contributed by atoms with Crippen molar-refractivity contribution in [1.82, 2.24) is 5.32 Å². The summed E-state index contributed by atoms with van der Waals surface area (Å²) in [7, 11) is -3.06. The number of carbonyl (C=O) groups excluding carboxylic acids is 1. The van der Waals surface area contributed by atoms with Crippen LogP contribution in [0.3, 0.4) is 0 Å². The quantitative estimate of drug-likeness (QED) is 0.867. The molecule has 0 saturated heterocycles. The van der Waals surface area contributed by atoms with Crippen LogP contribution < -0.4 is 10.6 Å². The van der Waals surface area contributed by atoms with E-state index in [0.717, 1.165) is 5.56 Å². The monoisotopic (exact) mass is 352 g/mol. The van der Waals surface area contributed by atoms with E-state index in [4.69, 9.17) is 11.6 Å². The Balaban J connectivity index is 1.86. The number of amides is 2. The molecule has 7 heteroatoms. The van der Waals surface area contributed by atoms with Gasteiger partial charge in [0, 0.05) is 23.5 Å². The zero-order valence-corrected chi connectivity index (χ0v) is 14.1. The van der Waals surface area contributed by atoms with Crippen LogP contribution in [0.25, 0.3) is 0 Å². The van der Waals surface area contributed by atoms with Gasteiger partial charge in [0.2, 0.25) is 0 Å². The lowest BCUT2D eigenvalue weighted by Crippen LogP contribution is -2.28. The molecule has 0 aliphatic carbocycles. The van der Waals surface area contributed by atoms with Crippen LogP contribution in [0.1, 0.15) is 11.1 Å². The predicted octanol–water partition coefficient (Wildman–Crippen LogP) is 3.21. The molecule has 122 valence electrons. The topological polar surface area (TPSA) is 75.3 Å². The number of halogens is 1. The number of rotatable bonds is 5. The summed E-state index contributed by atoms with van der Waals surface area (Å²) < 4.78 is 22.4. The molecule has 2 amide bonds. The number of carbonyl (C=O) groups is 1. The van der Waals surface area contributed by atoms with Crippen molar-refractivity contribution in [2.45, 2.75) is 12.3 Å². The van der Waals surface area contributed by atoms with Gasteiger partial charge in [-0.1, -0.05) is 35.9 Å². The number of urea groups is 1. The van der Waals surface area contributed by atoms with E-state index < -0.39 is 9.84 Å². The highest BCUT2D eigenvalue weighted by molar-refractivity contribution is 7.89. The third-order valence-corrected chi connectivity index (χ3v) is 4.12. The van der Waals surface area contributed by atoms with Gasteiger partial charge in [-0.3, -0.25) is 0 Å². The van der Waals surface area contributed by atoms with Crippen LogP contribution in [0.5, 0.6) is 0 Å². The van der Waals surface area contributed by atoms with E-state index in [2.05, 4.69) is 10.6 Å². The summed E-state index contributed by atoms with van der Waals surface area (Å²) in [6.07, 6.45) is 1.18. The van der Waals surface area contributed by atoms with Crippen LogP contribution in [-0.2, 0) is 22.1 Å². The van der Waals surface area contributed by atoms with Crippen LogP contribution >= 0.6 is 11.6 Å². The van der Waals surface area contributed by atoms with Crippen molar-refractivity contribution in [2.75, 3.05) is 11.6 Å². The van der Waals surface area contributed by atoms with Crippen molar-refractivity contribution in [3.8, 4) is 0 Å². The molecule has 2 aromatic carbocycles. The van der Waals surface area contributed by atoms with Crippen LogP contribution in [0, 0.1) is 0 Å². The Kier molecular flexibility index (Phi) is 5.63. The van der Waals surface area contributed by atoms with Gasteiger partial charge >= 0.3 is 6.03 Å². The lowest BCUT2D eigenvalue weighted by molar-refractivity contribution is 0.251. The van der Waals surface area contributed by atoms with E-state index in [-0.39, 0.29) is 11.8 Å². The molecule has 0 unspecified atom stereocenters. The second kappa shape index (κ2) is 7.48. The van der Waals surface area contributed by atoms with Crippen molar-refractivity contribution in [3.05, 3.63) is 64.7 Å². The molecule has 0 spiro atoms. The second-order valence-electron chi connectivity index (χ2n) is 5.20. The van der Waals surface area contributed by atoms with Crippen molar-refractivity contribution >= 4 is 33.2 Å². The highest BCUT2D eigenvalue weighted by Gasteiger charge is 2.05. The normalized spacial score (nSPS) is 11.0. The number of benzene rings is 2. The summed E-state index contributed by atoms with van der Waals surface area (Å²) in [5.74, 6) is -0.0178. The van der Waals surface area contributed by atoms with E-state index in [9.17, 15) is 13.2 Å². The van der Waals surface area contributed by atoms with Crippen LogP contribution in [0.2, 0.25) is 5.02 Å². The largest absolute Gasteiger partial charge is 0.334 e. The van der Waals surface area contributed by atoms with E-state index in [1.54, 1.807) is 36.4 Å². The number of anilines is 1. The molecule has 0 saturated carbocycles. The number of hydrogen-bond acceptors (Lipinski definition) is 3. The van der Waals surface area contributed by atoms with Gasteiger partial charge in [-0.05, 0) is 35.4 Å². The summed E-state index contributed by atoms with van der Waals surface area (Å²) in [6, 6.07) is 13.5. The molecule has 2 aromatic rings. The fourth-order valence-corrected chi connectivity index (χ4v) is 2.87. The molecule has 5 nitrogen and oxygen atoms in total. The molecular weight excluding hydrogens is 336 g/mol. The SMILES string of the molecule is CS(=O)(=O)Cc1ccc(NC(=O)NCc2ccc(Cl)cc2)cc1. The highest BCUT2D eigenvalue weighted by atomic mass is 35.5. The Morgan fingerprint density at radius 3 is 2.13 bits per heavy atom. The lowest BCUT2D eigenvalue weighted by atomic mass is 10.2. The van der Waals surface area contributed by atoms with Gasteiger partial charge < -0.3 is 10.6 Å². The molecule has 0 aliphatic rings. The second-order valence-corrected chi connectivity index (χ2v) is 7.78. The number of nitrogens with one attached hydrogen (secondary N) is 2. The minimum atomic E-state index is -3.06. The fourth-order valence-electron chi connectivity index (χ4n) is 1.95. The van der Waals surface area contributed by atoms with Gasteiger partial charge in [0.05, 0.1) is 5.75 Å². The van der Waals surface area contributed by atoms with E-state index in [1.165, 1.54) is 6.26 Å². The predicted molar refractivity (Wildman–Crippen MR) is 92.3 cm³/mol. The summed E-state index contributed by atoms with van der Waals surface area (Å²) in [5, 5.41) is 6.06. The average molecular weight is 353 g/mol. The molecule has 0 radical (unpaired) electrons. The average Bonchev–Trinajstić information content (AvgIpc) is 2.47. The first-order valence-corrected chi connectivity index (χ1v) is 9.32. The summed E-state index contributed by atoms with van der Waals surface area (Å²) in [4.78, 5) is 11.8. The van der Waals surface area contributed by atoms with Gasteiger partial charge in [0.15, 0.2) is 9.84 Å². The molecule has 23 heavy (non-hydrogen) atoms. The Labute approximate surface area is 140 Å². The van der Waals surface area contributed by atoms with Gasteiger partial charge in [-0.25, -0.2) is 13.2 Å². The third kappa shape index (κ3) is 6.30. The minimum Gasteiger partial charge on any atom is -0.334 e. The number of sulfone groups is 1. The van der Waals surface area contributed by atoms with Crippen molar-refractivity contribution in [1.29, 1.82) is 0 Å². The van der Waals surface area contributed by atoms with Crippen molar-refractivity contribution in [3.63, 3.8) is 0 Å². The zero-order chi connectivity index (χ0) is 16.9. The van der Waals surface area contributed by atoms with Gasteiger partial charge in [-0.2, -0.15) is 0 Å². The molecule has 0 aliphatic heterocycles.